The average molecular weight is 293 g/mol. The molecule has 0 heterocycles. The number of methoxy groups -OCH3 is 1. The SMILES string of the molecule is COc1ccc(F)cc1C(O)C(O)CCBr. The highest BCUT2D eigenvalue weighted by Crippen LogP contribution is 2.29. The molecule has 5 heteroatoms. The number of rotatable bonds is 5. The van der Waals surface area contributed by atoms with Crippen LogP contribution in [0, 0.1) is 5.82 Å². The van der Waals surface area contributed by atoms with Crippen LogP contribution in [0.15, 0.2) is 18.2 Å². The molecule has 2 atom stereocenters. The molecule has 0 amide bonds. The maximum absolute atomic E-state index is 13.0. The van der Waals surface area contributed by atoms with Gasteiger partial charge >= 0.3 is 0 Å². The van der Waals surface area contributed by atoms with Crippen LogP contribution in [0.3, 0.4) is 0 Å². The number of halogens is 2. The Kier molecular flexibility index (Phi) is 5.18. The molecule has 0 saturated heterocycles. The van der Waals surface area contributed by atoms with E-state index in [1.807, 2.05) is 0 Å². The van der Waals surface area contributed by atoms with Crippen molar-refractivity contribution in [3.63, 3.8) is 0 Å². The fourth-order valence-corrected chi connectivity index (χ4v) is 1.88. The molecular formula is C11H14BrFO3. The third kappa shape index (κ3) is 3.17. The summed E-state index contributed by atoms with van der Waals surface area (Å²) in [5.41, 5.74) is 0.260. The predicted molar refractivity (Wildman–Crippen MR) is 62.3 cm³/mol. The lowest BCUT2D eigenvalue weighted by atomic mass is 10.0. The molecule has 1 rings (SSSR count). The molecule has 0 aromatic heterocycles. The van der Waals surface area contributed by atoms with Gasteiger partial charge in [0, 0.05) is 10.9 Å². The van der Waals surface area contributed by atoms with Gasteiger partial charge in [-0.1, -0.05) is 15.9 Å². The maximum atomic E-state index is 13.0. The van der Waals surface area contributed by atoms with E-state index < -0.39 is 18.0 Å². The lowest BCUT2D eigenvalue weighted by Crippen LogP contribution is -2.19. The molecule has 0 bridgehead atoms. The highest BCUT2D eigenvalue weighted by atomic mass is 79.9. The summed E-state index contributed by atoms with van der Waals surface area (Å²) in [4.78, 5) is 0. The van der Waals surface area contributed by atoms with Gasteiger partial charge in [0.2, 0.25) is 0 Å². The Morgan fingerprint density at radius 1 is 1.44 bits per heavy atom. The van der Waals surface area contributed by atoms with Gasteiger partial charge in [-0.25, -0.2) is 4.39 Å². The molecule has 1 aromatic carbocycles. The molecule has 0 aliphatic heterocycles. The second-order valence-electron chi connectivity index (χ2n) is 3.38. The zero-order valence-electron chi connectivity index (χ0n) is 8.86. The van der Waals surface area contributed by atoms with E-state index in [2.05, 4.69) is 15.9 Å². The summed E-state index contributed by atoms with van der Waals surface area (Å²) in [7, 11) is 1.43. The minimum Gasteiger partial charge on any atom is -0.496 e. The third-order valence-electron chi connectivity index (χ3n) is 2.28. The number of alkyl halides is 1. The topological polar surface area (TPSA) is 49.7 Å². The first-order valence-electron chi connectivity index (χ1n) is 4.85. The molecule has 3 nitrogen and oxygen atoms in total. The van der Waals surface area contributed by atoms with Crippen molar-refractivity contribution in [2.45, 2.75) is 18.6 Å². The van der Waals surface area contributed by atoms with Crippen LogP contribution in [0.1, 0.15) is 18.1 Å². The number of hydrogen-bond acceptors (Lipinski definition) is 3. The Labute approximate surface area is 102 Å². The summed E-state index contributed by atoms with van der Waals surface area (Å²) >= 11 is 3.16. The fourth-order valence-electron chi connectivity index (χ4n) is 1.41. The quantitative estimate of drug-likeness (QED) is 0.817. The molecule has 1 aromatic rings. The van der Waals surface area contributed by atoms with Gasteiger partial charge in [0.1, 0.15) is 17.7 Å². The van der Waals surface area contributed by atoms with Crippen LogP contribution < -0.4 is 4.74 Å². The van der Waals surface area contributed by atoms with Gasteiger partial charge in [-0.3, -0.25) is 0 Å². The summed E-state index contributed by atoms with van der Waals surface area (Å²) in [6.07, 6.45) is -1.72. The zero-order valence-corrected chi connectivity index (χ0v) is 10.4. The summed E-state index contributed by atoms with van der Waals surface area (Å²) in [6, 6.07) is 3.83. The maximum Gasteiger partial charge on any atom is 0.124 e. The Morgan fingerprint density at radius 3 is 2.69 bits per heavy atom. The Morgan fingerprint density at radius 2 is 2.12 bits per heavy atom. The van der Waals surface area contributed by atoms with Gasteiger partial charge in [0.05, 0.1) is 13.2 Å². The molecule has 0 radical (unpaired) electrons. The zero-order chi connectivity index (χ0) is 12.1. The van der Waals surface area contributed by atoms with E-state index >= 15 is 0 Å². The molecule has 0 spiro atoms. The third-order valence-corrected chi connectivity index (χ3v) is 2.74. The van der Waals surface area contributed by atoms with Crippen molar-refractivity contribution in [2.75, 3.05) is 12.4 Å². The second kappa shape index (κ2) is 6.18. The Balaban J connectivity index is 2.96. The molecule has 16 heavy (non-hydrogen) atoms. The van der Waals surface area contributed by atoms with Gasteiger partial charge in [-0.15, -0.1) is 0 Å². The van der Waals surface area contributed by atoms with E-state index in [0.717, 1.165) is 0 Å². The van der Waals surface area contributed by atoms with Crippen molar-refractivity contribution in [3.8, 4) is 5.75 Å². The molecule has 90 valence electrons. The van der Waals surface area contributed by atoms with Gasteiger partial charge in [-0.05, 0) is 24.6 Å². The summed E-state index contributed by atoms with van der Waals surface area (Å²) in [5.74, 6) is -0.108. The summed E-state index contributed by atoms with van der Waals surface area (Å²) in [5, 5.41) is 20.0. The van der Waals surface area contributed by atoms with E-state index in [4.69, 9.17) is 4.74 Å². The number of ether oxygens (including phenoxy) is 1. The van der Waals surface area contributed by atoms with Crippen molar-refractivity contribution in [1.82, 2.24) is 0 Å². The van der Waals surface area contributed by atoms with E-state index in [0.29, 0.717) is 17.5 Å². The molecule has 2 unspecified atom stereocenters. The van der Waals surface area contributed by atoms with Crippen molar-refractivity contribution in [3.05, 3.63) is 29.6 Å². The lowest BCUT2D eigenvalue weighted by Gasteiger charge is -2.19. The van der Waals surface area contributed by atoms with Crippen LogP contribution >= 0.6 is 15.9 Å². The van der Waals surface area contributed by atoms with Crippen LogP contribution in [0.4, 0.5) is 4.39 Å². The summed E-state index contributed by atoms with van der Waals surface area (Å²) < 4.78 is 18.0. The molecule has 0 aliphatic carbocycles. The largest absolute Gasteiger partial charge is 0.496 e. The van der Waals surface area contributed by atoms with Crippen LogP contribution in [-0.4, -0.2) is 28.8 Å². The number of aliphatic hydroxyl groups excluding tert-OH is 2. The van der Waals surface area contributed by atoms with Crippen molar-refractivity contribution < 1.29 is 19.3 Å². The van der Waals surface area contributed by atoms with E-state index in [9.17, 15) is 14.6 Å². The minimum atomic E-state index is -1.15. The fraction of sp³-hybridized carbons (Fsp3) is 0.455. The summed E-state index contributed by atoms with van der Waals surface area (Å²) in [6.45, 7) is 0. The van der Waals surface area contributed by atoms with Crippen molar-refractivity contribution in [2.24, 2.45) is 0 Å². The van der Waals surface area contributed by atoms with Gasteiger partial charge < -0.3 is 14.9 Å². The molecule has 2 N–H and O–H groups in total. The average Bonchev–Trinajstić information content (AvgIpc) is 2.28. The second-order valence-corrected chi connectivity index (χ2v) is 4.17. The lowest BCUT2D eigenvalue weighted by molar-refractivity contribution is 0.0158. The van der Waals surface area contributed by atoms with Crippen LogP contribution in [0.2, 0.25) is 0 Å². The first-order valence-corrected chi connectivity index (χ1v) is 5.97. The molecule has 0 aliphatic rings. The van der Waals surface area contributed by atoms with Crippen LogP contribution in [0.25, 0.3) is 0 Å². The standard InChI is InChI=1S/C11H14BrFO3/c1-16-10-3-2-7(13)6-8(10)11(15)9(14)4-5-12/h2-3,6,9,11,14-15H,4-5H2,1H3. The Bertz CT molecular complexity index is 346. The highest BCUT2D eigenvalue weighted by Gasteiger charge is 2.21. The Hall–Kier alpha value is -0.650. The first kappa shape index (κ1) is 13.4. The highest BCUT2D eigenvalue weighted by molar-refractivity contribution is 9.09. The minimum absolute atomic E-state index is 0.260. The number of benzene rings is 1. The van der Waals surface area contributed by atoms with E-state index in [1.54, 1.807) is 0 Å². The van der Waals surface area contributed by atoms with E-state index in [1.165, 1.54) is 25.3 Å². The van der Waals surface area contributed by atoms with Crippen LogP contribution in [0.5, 0.6) is 5.75 Å². The van der Waals surface area contributed by atoms with E-state index in [-0.39, 0.29) is 5.56 Å². The number of hydrogen-bond donors (Lipinski definition) is 2. The van der Waals surface area contributed by atoms with Crippen molar-refractivity contribution in [1.29, 1.82) is 0 Å². The smallest absolute Gasteiger partial charge is 0.124 e. The van der Waals surface area contributed by atoms with Gasteiger partial charge in [0.15, 0.2) is 0 Å². The normalized spacial score (nSPS) is 14.6. The molecule has 0 fully saturated rings. The monoisotopic (exact) mass is 292 g/mol. The predicted octanol–water partition coefficient (Wildman–Crippen LogP) is 2.01. The van der Waals surface area contributed by atoms with Gasteiger partial charge in [-0.2, -0.15) is 0 Å². The van der Waals surface area contributed by atoms with Crippen molar-refractivity contribution >= 4 is 15.9 Å². The van der Waals surface area contributed by atoms with Gasteiger partial charge in [0.25, 0.3) is 0 Å². The number of aliphatic hydroxyl groups is 2. The van der Waals surface area contributed by atoms with Crippen LogP contribution in [-0.2, 0) is 0 Å². The molecule has 0 saturated carbocycles. The molecular weight excluding hydrogens is 279 g/mol. The first-order chi connectivity index (χ1) is 7.60.